The van der Waals surface area contributed by atoms with Crippen LogP contribution in [0.1, 0.15) is 37.8 Å². The number of rotatable bonds is 3. The van der Waals surface area contributed by atoms with Gasteiger partial charge in [0.25, 0.3) is 0 Å². The Bertz CT molecular complexity index is 382. The van der Waals surface area contributed by atoms with Gasteiger partial charge in [0.05, 0.1) is 12.0 Å². The van der Waals surface area contributed by atoms with Crippen molar-refractivity contribution in [1.82, 2.24) is 9.97 Å². The maximum absolute atomic E-state index is 13.5. The molecule has 0 saturated heterocycles. The van der Waals surface area contributed by atoms with Gasteiger partial charge < -0.3 is 4.98 Å². The van der Waals surface area contributed by atoms with Crippen LogP contribution >= 0.6 is 12.2 Å². The first-order valence-corrected chi connectivity index (χ1v) is 5.90. The van der Waals surface area contributed by atoms with Gasteiger partial charge in [-0.2, -0.15) is 0 Å². The molecule has 1 heterocycles. The predicted octanol–water partition coefficient (Wildman–Crippen LogP) is 3.40. The molecule has 1 aromatic heterocycles. The fourth-order valence-electron chi connectivity index (χ4n) is 2.25. The fourth-order valence-corrected chi connectivity index (χ4v) is 2.42. The van der Waals surface area contributed by atoms with E-state index in [2.05, 4.69) is 9.97 Å². The first kappa shape index (κ1) is 10.7. The van der Waals surface area contributed by atoms with Crippen LogP contribution in [0.25, 0.3) is 0 Å². The first-order chi connectivity index (χ1) is 7.27. The Morgan fingerprint density at radius 3 is 2.93 bits per heavy atom. The van der Waals surface area contributed by atoms with E-state index in [1.165, 1.54) is 32.0 Å². The van der Waals surface area contributed by atoms with Crippen molar-refractivity contribution in [3.8, 4) is 0 Å². The van der Waals surface area contributed by atoms with E-state index in [-0.39, 0.29) is 10.5 Å². The number of aromatic nitrogens is 2. The van der Waals surface area contributed by atoms with Crippen LogP contribution in [-0.4, -0.2) is 9.97 Å². The number of halogens is 1. The van der Waals surface area contributed by atoms with Crippen LogP contribution in [0.4, 0.5) is 4.39 Å². The number of nitrogens with one attached hydrogen (secondary N) is 1. The minimum atomic E-state index is -0.342. The SMILES string of the molecule is Fc1c(CCC2CCCC2)[nH]cnc1=S. The molecular weight excluding hydrogens is 211 g/mol. The van der Waals surface area contributed by atoms with Gasteiger partial charge in [0.15, 0.2) is 10.5 Å². The zero-order valence-corrected chi connectivity index (χ0v) is 9.45. The van der Waals surface area contributed by atoms with Crippen LogP contribution in [-0.2, 0) is 6.42 Å². The summed E-state index contributed by atoms with van der Waals surface area (Å²) in [6, 6.07) is 0. The van der Waals surface area contributed by atoms with Crippen LogP contribution in [0.3, 0.4) is 0 Å². The highest BCUT2D eigenvalue weighted by atomic mass is 32.1. The first-order valence-electron chi connectivity index (χ1n) is 5.49. The van der Waals surface area contributed by atoms with E-state index in [0.717, 1.165) is 18.8 Å². The van der Waals surface area contributed by atoms with Gasteiger partial charge in [-0.15, -0.1) is 0 Å². The lowest BCUT2D eigenvalue weighted by atomic mass is 10.0. The van der Waals surface area contributed by atoms with Gasteiger partial charge in [-0.25, -0.2) is 9.37 Å². The minimum Gasteiger partial charge on any atom is -0.347 e. The van der Waals surface area contributed by atoms with E-state index >= 15 is 0 Å². The van der Waals surface area contributed by atoms with Gasteiger partial charge in [0.1, 0.15) is 0 Å². The van der Waals surface area contributed by atoms with E-state index in [1.54, 1.807) is 0 Å². The minimum absolute atomic E-state index is 0.0789. The normalized spacial score (nSPS) is 17.1. The lowest BCUT2D eigenvalue weighted by molar-refractivity contribution is 0.487. The van der Waals surface area contributed by atoms with Crippen molar-refractivity contribution in [2.75, 3.05) is 0 Å². The molecule has 0 unspecified atom stereocenters. The molecule has 0 amide bonds. The van der Waals surface area contributed by atoms with E-state index in [4.69, 9.17) is 12.2 Å². The van der Waals surface area contributed by atoms with Gasteiger partial charge in [0, 0.05) is 0 Å². The Morgan fingerprint density at radius 1 is 1.47 bits per heavy atom. The van der Waals surface area contributed by atoms with Gasteiger partial charge in [0.2, 0.25) is 0 Å². The van der Waals surface area contributed by atoms with Crippen molar-refractivity contribution in [1.29, 1.82) is 0 Å². The molecule has 1 N–H and O–H groups in total. The summed E-state index contributed by atoms with van der Waals surface area (Å²) < 4.78 is 13.6. The van der Waals surface area contributed by atoms with Crippen molar-refractivity contribution in [2.24, 2.45) is 5.92 Å². The second kappa shape index (κ2) is 4.84. The van der Waals surface area contributed by atoms with Crippen molar-refractivity contribution >= 4 is 12.2 Å². The van der Waals surface area contributed by atoms with Crippen LogP contribution < -0.4 is 0 Å². The summed E-state index contributed by atoms with van der Waals surface area (Å²) in [5.41, 5.74) is 0.613. The second-order valence-electron chi connectivity index (χ2n) is 4.19. The summed E-state index contributed by atoms with van der Waals surface area (Å²) in [6.07, 6.45) is 8.56. The van der Waals surface area contributed by atoms with Crippen molar-refractivity contribution < 1.29 is 4.39 Å². The lowest BCUT2D eigenvalue weighted by Gasteiger charge is -2.08. The summed E-state index contributed by atoms with van der Waals surface area (Å²) in [5.74, 6) is 0.435. The van der Waals surface area contributed by atoms with Gasteiger partial charge in [-0.05, 0) is 18.8 Å². The third kappa shape index (κ3) is 2.62. The smallest absolute Gasteiger partial charge is 0.179 e. The zero-order chi connectivity index (χ0) is 10.7. The van der Waals surface area contributed by atoms with Gasteiger partial charge >= 0.3 is 0 Å². The molecule has 1 aromatic rings. The quantitative estimate of drug-likeness (QED) is 0.800. The topological polar surface area (TPSA) is 28.7 Å². The maximum atomic E-state index is 13.5. The summed E-state index contributed by atoms with van der Waals surface area (Å²) in [7, 11) is 0. The van der Waals surface area contributed by atoms with Crippen LogP contribution in [0.2, 0.25) is 0 Å². The molecule has 1 fully saturated rings. The van der Waals surface area contributed by atoms with Crippen molar-refractivity contribution in [2.45, 2.75) is 38.5 Å². The molecule has 2 nitrogen and oxygen atoms in total. The van der Waals surface area contributed by atoms with E-state index in [0.29, 0.717) is 5.69 Å². The molecule has 0 bridgehead atoms. The number of aromatic amines is 1. The number of nitrogens with zero attached hydrogens (tertiary/aromatic N) is 1. The molecule has 4 heteroatoms. The summed E-state index contributed by atoms with van der Waals surface area (Å²) in [5, 5.41) is 0. The fraction of sp³-hybridized carbons (Fsp3) is 0.636. The Balaban J connectivity index is 1.98. The monoisotopic (exact) mass is 226 g/mol. The van der Waals surface area contributed by atoms with E-state index in [1.807, 2.05) is 0 Å². The summed E-state index contributed by atoms with van der Waals surface area (Å²) >= 11 is 4.78. The van der Waals surface area contributed by atoms with Gasteiger partial charge in [-0.3, -0.25) is 0 Å². The highest BCUT2D eigenvalue weighted by molar-refractivity contribution is 7.71. The second-order valence-corrected chi connectivity index (χ2v) is 4.58. The molecule has 2 rings (SSSR count). The molecule has 15 heavy (non-hydrogen) atoms. The molecule has 0 atom stereocenters. The van der Waals surface area contributed by atoms with Gasteiger partial charge in [-0.1, -0.05) is 37.9 Å². The molecule has 1 saturated carbocycles. The standard InChI is InChI=1S/C11H15FN2S/c12-10-9(13-7-14-11(10)15)6-5-8-3-1-2-4-8/h7-8H,1-6H2,(H,13,14,15). The molecule has 0 aliphatic heterocycles. The third-order valence-electron chi connectivity index (χ3n) is 3.15. The Morgan fingerprint density at radius 2 is 2.20 bits per heavy atom. The summed E-state index contributed by atoms with van der Waals surface area (Å²) in [6.45, 7) is 0. The number of H-pyrrole nitrogens is 1. The highest BCUT2D eigenvalue weighted by Crippen LogP contribution is 2.28. The largest absolute Gasteiger partial charge is 0.347 e. The molecule has 0 aromatic carbocycles. The highest BCUT2D eigenvalue weighted by Gasteiger charge is 2.15. The zero-order valence-electron chi connectivity index (χ0n) is 8.63. The lowest BCUT2D eigenvalue weighted by Crippen LogP contribution is -2.02. The average Bonchev–Trinajstić information content (AvgIpc) is 2.73. The average molecular weight is 226 g/mol. The number of aryl methyl sites for hydroxylation is 1. The number of hydrogen-bond donors (Lipinski definition) is 1. The molecule has 0 radical (unpaired) electrons. The molecule has 1 aliphatic carbocycles. The van der Waals surface area contributed by atoms with Crippen LogP contribution in [0, 0.1) is 16.4 Å². The van der Waals surface area contributed by atoms with E-state index in [9.17, 15) is 4.39 Å². The Hall–Kier alpha value is -0.770. The van der Waals surface area contributed by atoms with Crippen molar-refractivity contribution in [3.05, 3.63) is 22.5 Å². The van der Waals surface area contributed by atoms with Crippen LogP contribution in [0.15, 0.2) is 6.33 Å². The predicted molar refractivity (Wildman–Crippen MR) is 59.7 cm³/mol. The molecule has 1 aliphatic rings. The molecule has 82 valence electrons. The molecular formula is C11H15FN2S. The van der Waals surface area contributed by atoms with Crippen LogP contribution in [0.5, 0.6) is 0 Å². The molecule has 0 spiro atoms. The van der Waals surface area contributed by atoms with Crippen molar-refractivity contribution in [3.63, 3.8) is 0 Å². The summed E-state index contributed by atoms with van der Waals surface area (Å²) in [4.78, 5) is 6.55. The number of hydrogen-bond acceptors (Lipinski definition) is 2. The Kier molecular flexibility index (Phi) is 3.46. The Labute approximate surface area is 93.9 Å². The van der Waals surface area contributed by atoms with E-state index < -0.39 is 0 Å². The third-order valence-corrected chi connectivity index (χ3v) is 3.44. The maximum Gasteiger partial charge on any atom is 0.179 e.